The van der Waals surface area contributed by atoms with Gasteiger partial charge in [0.1, 0.15) is 0 Å². The van der Waals surface area contributed by atoms with Gasteiger partial charge in [0.05, 0.1) is 10.6 Å². The van der Waals surface area contributed by atoms with Gasteiger partial charge in [-0.15, -0.1) is 0 Å². The van der Waals surface area contributed by atoms with Crippen LogP contribution in [0.1, 0.15) is 54.4 Å². The second kappa shape index (κ2) is 4.95. The zero-order chi connectivity index (χ0) is 11.5. The number of nitrogens with zero attached hydrogens (tertiary/aromatic N) is 2. The van der Waals surface area contributed by atoms with Crippen LogP contribution in [0.3, 0.4) is 0 Å². The maximum atomic E-state index is 11.0. The average Bonchev–Trinajstić information content (AvgIpc) is 3.06. The number of carbonyl (C=O) groups is 1. The average molecular weight is 238 g/mol. The summed E-state index contributed by atoms with van der Waals surface area (Å²) in [6.45, 7) is 6.28. The summed E-state index contributed by atoms with van der Waals surface area (Å²) in [6.07, 6.45) is 4.48. The Morgan fingerprint density at radius 3 is 2.75 bits per heavy atom. The van der Waals surface area contributed by atoms with E-state index in [9.17, 15) is 4.79 Å². The molecule has 1 aromatic rings. The van der Waals surface area contributed by atoms with Crippen LogP contribution in [0.15, 0.2) is 0 Å². The first-order chi connectivity index (χ1) is 7.80. The van der Waals surface area contributed by atoms with Crippen molar-refractivity contribution in [3.63, 3.8) is 0 Å². The number of anilines is 1. The number of carbonyl (C=O) groups excluding carboxylic acids is 1. The maximum Gasteiger partial charge on any atom is 0.186 e. The topological polar surface area (TPSA) is 33.2 Å². The number of aldehydes is 1. The van der Waals surface area contributed by atoms with Crippen molar-refractivity contribution >= 4 is 22.8 Å². The number of thiazole rings is 1. The van der Waals surface area contributed by atoms with Crippen LogP contribution >= 0.6 is 11.3 Å². The van der Waals surface area contributed by atoms with Gasteiger partial charge in [0.25, 0.3) is 0 Å². The van der Waals surface area contributed by atoms with Gasteiger partial charge in [-0.1, -0.05) is 18.3 Å². The van der Waals surface area contributed by atoms with Crippen LogP contribution in [0.4, 0.5) is 5.13 Å². The molecule has 0 radical (unpaired) electrons. The van der Waals surface area contributed by atoms with Crippen LogP contribution in [-0.2, 0) is 0 Å². The Kier molecular flexibility index (Phi) is 3.59. The largest absolute Gasteiger partial charge is 0.348 e. The molecule has 0 N–H and O–H groups in total. The minimum absolute atomic E-state index is 0.561. The van der Waals surface area contributed by atoms with E-state index in [1.165, 1.54) is 12.8 Å². The Hall–Kier alpha value is -0.900. The Balaban J connectivity index is 2.23. The lowest BCUT2D eigenvalue weighted by Crippen LogP contribution is -2.23. The third-order valence-corrected chi connectivity index (χ3v) is 3.94. The van der Waals surface area contributed by atoms with Gasteiger partial charge in [-0.05, 0) is 26.2 Å². The summed E-state index contributed by atoms with van der Waals surface area (Å²) in [5.41, 5.74) is 1.05. The predicted octanol–water partition coefficient (Wildman–Crippen LogP) is 3.07. The molecule has 1 aliphatic carbocycles. The maximum absolute atomic E-state index is 11.0. The summed E-state index contributed by atoms with van der Waals surface area (Å²) in [6, 6.07) is 0. The van der Waals surface area contributed by atoms with E-state index >= 15 is 0 Å². The van der Waals surface area contributed by atoms with E-state index in [1.54, 1.807) is 11.3 Å². The van der Waals surface area contributed by atoms with Crippen LogP contribution in [0, 0.1) is 0 Å². The molecule has 1 aliphatic rings. The lowest BCUT2D eigenvalue weighted by Gasteiger charge is -2.18. The molecular weight excluding hydrogens is 220 g/mol. The summed E-state index contributed by atoms with van der Waals surface area (Å²) in [5, 5.41) is 1.02. The van der Waals surface area contributed by atoms with Crippen molar-refractivity contribution in [1.29, 1.82) is 0 Å². The molecule has 16 heavy (non-hydrogen) atoms. The van der Waals surface area contributed by atoms with E-state index in [1.807, 2.05) is 0 Å². The van der Waals surface area contributed by atoms with Crippen molar-refractivity contribution in [2.24, 2.45) is 0 Å². The highest BCUT2D eigenvalue weighted by atomic mass is 32.1. The van der Waals surface area contributed by atoms with Crippen LogP contribution in [0.2, 0.25) is 0 Å². The molecule has 3 nitrogen and oxygen atoms in total. The minimum atomic E-state index is 0.561. The van der Waals surface area contributed by atoms with Gasteiger partial charge in [0.15, 0.2) is 11.4 Å². The quantitative estimate of drug-likeness (QED) is 0.714. The zero-order valence-corrected chi connectivity index (χ0v) is 10.7. The lowest BCUT2D eigenvalue weighted by atomic mass is 10.3. The molecule has 0 atom stereocenters. The molecular formula is C12H18N2OS. The highest BCUT2D eigenvalue weighted by molar-refractivity contribution is 7.17. The van der Waals surface area contributed by atoms with Gasteiger partial charge in [0, 0.05) is 19.0 Å². The molecule has 2 rings (SSSR count). The first kappa shape index (κ1) is 11.6. The predicted molar refractivity (Wildman–Crippen MR) is 67.7 cm³/mol. The molecule has 0 unspecified atom stereocenters. The monoisotopic (exact) mass is 238 g/mol. The molecule has 0 spiro atoms. The van der Waals surface area contributed by atoms with E-state index < -0.39 is 0 Å². The number of aromatic nitrogens is 1. The van der Waals surface area contributed by atoms with Crippen LogP contribution < -0.4 is 4.90 Å². The first-order valence-electron chi connectivity index (χ1n) is 6.01. The molecule has 0 saturated heterocycles. The second-order valence-corrected chi connectivity index (χ2v) is 5.23. The SMILES string of the molecule is CCCN(CC)c1nc(C2CC2)c(C=O)s1. The third kappa shape index (κ3) is 2.26. The molecule has 4 heteroatoms. The molecule has 1 aromatic heterocycles. The number of rotatable bonds is 6. The molecule has 0 amide bonds. The normalized spacial score (nSPS) is 15.1. The molecule has 1 saturated carbocycles. The number of hydrogen-bond donors (Lipinski definition) is 0. The van der Waals surface area contributed by atoms with Crippen molar-refractivity contribution in [2.75, 3.05) is 18.0 Å². The molecule has 1 heterocycles. The summed E-state index contributed by atoms with van der Waals surface area (Å²) >= 11 is 1.55. The summed E-state index contributed by atoms with van der Waals surface area (Å²) in [7, 11) is 0. The Labute approximate surface area is 100 Å². The van der Waals surface area contributed by atoms with Gasteiger partial charge in [-0.2, -0.15) is 0 Å². The zero-order valence-electron chi connectivity index (χ0n) is 9.90. The Morgan fingerprint density at radius 2 is 2.25 bits per heavy atom. The molecule has 0 bridgehead atoms. The summed E-state index contributed by atoms with van der Waals surface area (Å²) < 4.78 is 0. The van der Waals surface area contributed by atoms with Crippen molar-refractivity contribution in [2.45, 2.75) is 39.0 Å². The minimum Gasteiger partial charge on any atom is -0.348 e. The fourth-order valence-electron chi connectivity index (χ4n) is 1.86. The third-order valence-electron chi connectivity index (χ3n) is 2.89. The van der Waals surface area contributed by atoms with Crippen molar-refractivity contribution in [3.05, 3.63) is 10.6 Å². The van der Waals surface area contributed by atoms with E-state index in [0.29, 0.717) is 5.92 Å². The lowest BCUT2D eigenvalue weighted by molar-refractivity contribution is 0.112. The van der Waals surface area contributed by atoms with Crippen molar-refractivity contribution in [1.82, 2.24) is 4.98 Å². The van der Waals surface area contributed by atoms with Crippen LogP contribution in [-0.4, -0.2) is 24.4 Å². The fourth-order valence-corrected chi connectivity index (χ4v) is 2.91. The fraction of sp³-hybridized carbons (Fsp3) is 0.667. The van der Waals surface area contributed by atoms with E-state index in [0.717, 1.165) is 41.5 Å². The highest BCUT2D eigenvalue weighted by Crippen LogP contribution is 2.43. The summed E-state index contributed by atoms with van der Waals surface area (Å²) in [5.74, 6) is 0.561. The first-order valence-corrected chi connectivity index (χ1v) is 6.82. The van der Waals surface area contributed by atoms with Gasteiger partial charge < -0.3 is 4.90 Å². The molecule has 88 valence electrons. The van der Waals surface area contributed by atoms with E-state index in [-0.39, 0.29) is 0 Å². The van der Waals surface area contributed by atoms with Crippen LogP contribution in [0.25, 0.3) is 0 Å². The van der Waals surface area contributed by atoms with Crippen LogP contribution in [0.5, 0.6) is 0 Å². The standard InChI is InChI=1S/C12H18N2OS/c1-3-7-14(4-2)12-13-11(9-5-6-9)10(8-15)16-12/h8-9H,3-7H2,1-2H3. The van der Waals surface area contributed by atoms with Gasteiger partial charge in [0.2, 0.25) is 0 Å². The molecule has 0 aromatic carbocycles. The smallest absolute Gasteiger partial charge is 0.186 e. The second-order valence-electron chi connectivity index (χ2n) is 4.22. The van der Waals surface area contributed by atoms with E-state index in [2.05, 4.69) is 23.7 Å². The van der Waals surface area contributed by atoms with Gasteiger partial charge in [-0.3, -0.25) is 4.79 Å². The van der Waals surface area contributed by atoms with Crippen molar-refractivity contribution in [3.8, 4) is 0 Å². The Morgan fingerprint density at radius 1 is 1.50 bits per heavy atom. The highest BCUT2D eigenvalue weighted by Gasteiger charge is 2.30. The summed E-state index contributed by atoms with van der Waals surface area (Å²) in [4.78, 5) is 18.7. The van der Waals surface area contributed by atoms with Crippen molar-refractivity contribution < 1.29 is 4.79 Å². The van der Waals surface area contributed by atoms with E-state index in [4.69, 9.17) is 0 Å². The molecule has 0 aliphatic heterocycles. The molecule has 1 fully saturated rings. The number of hydrogen-bond acceptors (Lipinski definition) is 4. The Bertz CT molecular complexity index is 371. The van der Waals surface area contributed by atoms with Gasteiger partial charge >= 0.3 is 0 Å². The van der Waals surface area contributed by atoms with Gasteiger partial charge in [-0.25, -0.2) is 4.98 Å².